The predicted octanol–water partition coefficient (Wildman–Crippen LogP) is 3.90. The van der Waals surface area contributed by atoms with Gasteiger partial charge >= 0.3 is 0 Å². The van der Waals surface area contributed by atoms with Crippen LogP contribution in [-0.4, -0.2) is 59.1 Å². The van der Waals surface area contributed by atoms with Gasteiger partial charge in [0, 0.05) is 56.5 Å². The number of aromatic amines is 1. The number of carbonyl (C=O) groups is 2. The Morgan fingerprint density at radius 1 is 0.973 bits per heavy atom. The van der Waals surface area contributed by atoms with Crippen LogP contribution in [0.15, 0.2) is 41.2 Å². The monoisotopic (exact) mass is 522 g/mol. The number of anilines is 1. The summed E-state index contributed by atoms with van der Waals surface area (Å²) in [6, 6.07) is 11.1. The molecule has 0 radical (unpaired) electrons. The predicted molar refractivity (Wildman–Crippen MR) is 143 cm³/mol. The van der Waals surface area contributed by atoms with Crippen LogP contribution in [0.5, 0.6) is 11.5 Å². The van der Waals surface area contributed by atoms with E-state index in [0.29, 0.717) is 58.8 Å². The maximum atomic E-state index is 13.0. The van der Waals surface area contributed by atoms with Crippen LogP contribution < -0.4 is 19.9 Å². The number of hydrogen-bond acceptors (Lipinski definition) is 7. The summed E-state index contributed by atoms with van der Waals surface area (Å²) in [5.41, 5.74) is 2.26. The van der Waals surface area contributed by atoms with Gasteiger partial charge in [-0.05, 0) is 62.3 Å². The fourth-order valence-electron chi connectivity index (χ4n) is 4.85. The molecule has 9 nitrogen and oxygen atoms in total. The highest BCUT2D eigenvalue weighted by Gasteiger charge is 2.21. The molecule has 5 rings (SSSR count). The minimum Gasteiger partial charge on any atom is -0.454 e. The van der Waals surface area contributed by atoms with E-state index in [1.807, 2.05) is 29.2 Å². The molecule has 0 atom stereocenters. The van der Waals surface area contributed by atoms with E-state index in [0.717, 1.165) is 38.0 Å². The Morgan fingerprint density at radius 3 is 2.38 bits per heavy atom. The van der Waals surface area contributed by atoms with Crippen LogP contribution >= 0.6 is 12.2 Å². The topological polar surface area (TPSA) is 96.9 Å². The Balaban J connectivity index is 1.08. The fourth-order valence-corrected chi connectivity index (χ4v) is 5.13. The Morgan fingerprint density at radius 2 is 1.68 bits per heavy atom. The van der Waals surface area contributed by atoms with Crippen LogP contribution in [0.4, 0.5) is 5.69 Å². The van der Waals surface area contributed by atoms with Crippen LogP contribution in [0, 0.1) is 4.77 Å². The average Bonchev–Trinajstić information content (AvgIpc) is 3.36. The van der Waals surface area contributed by atoms with Crippen LogP contribution in [0.3, 0.4) is 0 Å². The lowest BCUT2D eigenvalue weighted by Gasteiger charge is -2.36. The van der Waals surface area contributed by atoms with Crippen molar-refractivity contribution >= 4 is 40.5 Å². The lowest BCUT2D eigenvalue weighted by Crippen LogP contribution is -2.48. The third kappa shape index (κ3) is 5.39. The first-order chi connectivity index (χ1) is 17.9. The lowest BCUT2D eigenvalue weighted by atomic mass is 10.1. The molecule has 3 aromatic rings. The number of piperazine rings is 1. The molecule has 1 N–H and O–H groups in total. The van der Waals surface area contributed by atoms with Gasteiger partial charge in [0.1, 0.15) is 0 Å². The number of nitrogens with zero attached hydrogens (tertiary/aromatic N) is 3. The summed E-state index contributed by atoms with van der Waals surface area (Å²) in [5.74, 6) is 1.39. The van der Waals surface area contributed by atoms with Crippen molar-refractivity contribution in [2.45, 2.75) is 39.2 Å². The maximum absolute atomic E-state index is 13.0. The van der Waals surface area contributed by atoms with Gasteiger partial charge in [-0.25, -0.2) is 0 Å². The summed E-state index contributed by atoms with van der Waals surface area (Å²) in [6.45, 7) is 5.12. The lowest BCUT2D eigenvalue weighted by molar-refractivity contribution is -0.131. The molecule has 2 aliphatic heterocycles. The number of Topliss-reactive ketones (excluding diaryl/α,β-unsaturated/α-hetero) is 1. The molecule has 1 amide bonds. The number of amides is 1. The zero-order valence-corrected chi connectivity index (χ0v) is 21.6. The van der Waals surface area contributed by atoms with Gasteiger partial charge < -0.3 is 24.3 Å². The fraction of sp³-hybridized carbons (Fsp3) is 0.407. The number of benzene rings is 2. The third-order valence-corrected chi connectivity index (χ3v) is 7.34. The molecule has 194 valence electrons. The number of carbonyl (C=O) groups excluding carboxylic acids is 2. The highest BCUT2D eigenvalue weighted by atomic mass is 32.1. The molecule has 0 saturated carbocycles. The van der Waals surface area contributed by atoms with Gasteiger partial charge in [-0.3, -0.25) is 19.0 Å². The Bertz CT molecular complexity index is 1440. The second-order valence-electron chi connectivity index (χ2n) is 9.42. The third-order valence-electron chi connectivity index (χ3n) is 7.02. The number of nitrogens with one attached hydrogen (secondary N) is 1. The molecule has 2 aliphatic rings. The first-order valence-electron chi connectivity index (χ1n) is 12.6. The zero-order valence-electron chi connectivity index (χ0n) is 20.8. The number of rotatable bonds is 8. The standard InChI is InChI=1S/C27H30N4O5S/c1-18(32)19-6-8-20(9-7-19)29-11-13-30(14-12-29)25(33)5-3-2-4-10-31-26(34)21-15-23-24(36-17-35-23)16-22(21)28-27(31)37/h6-9,15-16H,2-5,10-14,17H2,1H3,(H,28,37). The summed E-state index contributed by atoms with van der Waals surface area (Å²) < 4.78 is 12.7. The maximum Gasteiger partial charge on any atom is 0.262 e. The van der Waals surface area contributed by atoms with E-state index in [2.05, 4.69) is 9.88 Å². The van der Waals surface area contributed by atoms with E-state index in [4.69, 9.17) is 21.7 Å². The number of unbranched alkanes of at least 4 members (excludes halogenated alkanes) is 2. The van der Waals surface area contributed by atoms with E-state index in [1.165, 1.54) is 0 Å². The van der Waals surface area contributed by atoms with Crippen molar-refractivity contribution in [2.24, 2.45) is 0 Å². The van der Waals surface area contributed by atoms with E-state index in [-0.39, 0.29) is 24.0 Å². The second kappa shape index (κ2) is 10.8. The first kappa shape index (κ1) is 25.0. The SMILES string of the molecule is CC(=O)c1ccc(N2CCN(C(=O)CCCCCn3c(=S)[nH]c4cc5c(cc4c3=O)OCO5)CC2)cc1. The van der Waals surface area contributed by atoms with Crippen molar-refractivity contribution in [3.8, 4) is 11.5 Å². The molecule has 0 aliphatic carbocycles. The highest BCUT2D eigenvalue weighted by molar-refractivity contribution is 7.71. The van der Waals surface area contributed by atoms with Crippen LogP contribution in [0.2, 0.25) is 0 Å². The Hall–Kier alpha value is -3.66. The van der Waals surface area contributed by atoms with E-state index in [1.54, 1.807) is 23.6 Å². The van der Waals surface area contributed by atoms with E-state index >= 15 is 0 Å². The number of ether oxygens (including phenoxy) is 2. The number of H-pyrrole nitrogens is 1. The molecule has 0 unspecified atom stereocenters. The second-order valence-corrected chi connectivity index (χ2v) is 9.81. The molecular weight excluding hydrogens is 492 g/mol. The van der Waals surface area contributed by atoms with Gasteiger partial charge in [-0.1, -0.05) is 6.42 Å². The molecule has 1 saturated heterocycles. The van der Waals surface area contributed by atoms with Gasteiger partial charge in [0.25, 0.3) is 5.56 Å². The van der Waals surface area contributed by atoms with Gasteiger partial charge in [-0.2, -0.15) is 0 Å². The molecule has 0 bridgehead atoms. The van der Waals surface area contributed by atoms with Crippen molar-refractivity contribution < 1.29 is 19.1 Å². The minimum atomic E-state index is -0.151. The number of aromatic nitrogens is 2. The molecule has 0 spiro atoms. The Labute approximate surface area is 219 Å². The molecular formula is C27H30N4O5S. The molecule has 3 heterocycles. The summed E-state index contributed by atoms with van der Waals surface area (Å²) in [7, 11) is 0. The highest BCUT2D eigenvalue weighted by Crippen LogP contribution is 2.34. The van der Waals surface area contributed by atoms with Crippen LogP contribution in [0.25, 0.3) is 10.9 Å². The van der Waals surface area contributed by atoms with Crippen molar-refractivity contribution in [2.75, 3.05) is 37.9 Å². The normalized spacial score (nSPS) is 14.8. The van der Waals surface area contributed by atoms with E-state index in [9.17, 15) is 14.4 Å². The smallest absolute Gasteiger partial charge is 0.262 e. The van der Waals surface area contributed by atoms with Crippen LogP contribution in [-0.2, 0) is 11.3 Å². The van der Waals surface area contributed by atoms with Gasteiger partial charge in [-0.15, -0.1) is 0 Å². The van der Waals surface area contributed by atoms with Crippen molar-refractivity contribution in [3.63, 3.8) is 0 Å². The summed E-state index contributed by atoms with van der Waals surface area (Å²) in [5, 5.41) is 0.516. The van der Waals surface area contributed by atoms with Crippen molar-refractivity contribution in [3.05, 3.63) is 57.1 Å². The number of ketones is 1. The molecule has 1 aromatic heterocycles. The Kier molecular flexibility index (Phi) is 7.27. The first-order valence-corrected chi connectivity index (χ1v) is 13.0. The summed E-state index contributed by atoms with van der Waals surface area (Å²) in [4.78, 5) is 44.5. The van der Waals surface area contributed by atoms with Crippen molar-refractivity contribution in [1.29, 1.82) is 0 Å². The quantitative estimate of drug-likeness (QED) is 0.272. The summed E-state index contributed by atoms with van der Waals surface area (Å²) >= 11 is 5.42. The number of fused-ring (bicyclic) bond motifs is 2. The van der Waals surface area contributed by atoms with Gasteiger partial charge in [0.15, 0.2) is 22.1 Å². The molecule has 1 fully saturated rings. The zero-order chi connectivity index (χ0) is 25.9. The molecule has 2 aromatic carbocycles. The van der Waals surface area contributed by atoms with E-state index < -0.39 is 0 Å². The van der Waals surface area contributed by atoms with Gasteiger partial charge in [0.05, 0.1) is 10.9 Å². The van der Waals surface area contributed by atoms with Crippen molar-refractivity contribution in [1.82, 2.24) is 14.5 Å². The summed E-state index contributed by atoms with van der Waals surface area (Å²) in [6.07, 6.45) is 2.85. The number of hydrogen-bond donors (Lipinski definition) is 1. The van der Waals surface area contributed by atoms with Gasteiger partial charge in [0.2, 0.25) is 12.7 Å². The average molecular weight is 523 g/mol. The molecule has 37 heavy (non-hydrogen) atoms. The van der Waals surface area contributed by atoms with Crippen LogP contribution in [0.1, 0.15) is 43.0 Å². The minimum absolute atomic E-state index is 0.0581. The largest absolute Gasteiger partial charge is 0.454 e. The molecule has 10 heteroatoms.